The van der Waals surface area contributed by atoms with Gasteiger partial charge in [-0.15, -0.1) is 0 Å². The second-order valence-electron chi connectivity index (χ2n) is 9.06. The SMILES string of the molecule is C=C(C)/C=C1/N(C)CCCCNc2ccc(C)cc2C(=C)N(C)C(CC)c2cc(C)n1n2. The van der Waals surface area contributed by atoms with Crippen molar-refractivity contribution < 1.29 is 0 Å². The Kier molecular flexibility index (Phi) is 7.49. The standard InChI is InChI=1S/C27H39N5/c1-9-26-25-18-21(5)32(29-25)27(16-19(2)3)30(7)15-11-10-14-28-24-13-12-20(4)17-23(24)22(6)31(26)8/h12-13,16-18,26,28H,2,6,9-11,14-15H2,1,3-5,7-8H3/b27-16-. The number of hydrogen-bond acceptors (Lipinski definition) is 4. The zero-order valence-electron chi connectivity index (χ0n) is 20.7. The number of rotatable bonds is 2. The van der Waals surface area contributed by atoms with Crippen LogP contribution in [0, 0.1) is 13.8 Å². The van der Waals surface area contributed by atoms with E-state index >= 15 is 0 Å². The average molecular weight is 434 g/mol. The molecule has 0 spiro atoms. The molecule has 3 rings (SSSR count). The molecule has 0 saturated heterocycles. The highest BCUT2D eigenvalue weighted by atomic mass is 15.4. The summed E-state index contributed by atoms with van der Waals surface area (Å²) in [4.78, 5) is 4.57. The number of fused-ring (bicyclic) bond motifs is 3. The molecule has 5 heteroatoms. The predicted octanol–water partition coefficient (Wildman–Crippen LogP) is 6.07. The van der Waals surface area contributed by atoms with Gasteiger partial charge < -0.3 is 15.1 Å². The minimum absolute atomic E-state index is 0.136. The largest absolute Gasteiger partial charge is 0.384 e. The van der Waals surface area contributed by atoms with Gasteiger partial charge in [-0.3, -0.25) is 0 Å². The first-order valence-corrected chi connectivity index (χ1v) is 11.6. The fourth-order valence-corrected chi connectivity index (χ4v) is 4.37. The van der Waals surface area contributed by atoms with Crippen LogP contribution in [-0.4, -0.2) is 46.8 Å². The molecular formula is C27H39N5. The number of anilines is 1. The molecule has 2 heterocycles. The Labute approximate surface area is 194 Å². The van der Waals surface area contributed by atoms with Crippen LogP contribution in [0.3, 0.4) is 0 Å². The minimum Gasteiger partial charge on any atom is -0.384 e. The smallest absolute Gasteiger partial charge is 0.130 e. The molecule has 1 atom stereocenters. The van der Waals surface area contributed by atoms with Crippen LogP contribution in [0.1, 0.15) is 61.7 Å². The van der Waals surface area contributed by atoms with Gasteiger partial charge in [-0.05, 0) is 64.3 Å². The second-order valence-corrected chi connectivity index (χ2v) is 9.06. The second kappa shape index (κ2) is 10.1. The summed E-state index contributed by atoms with van der Waals surface area (Å²) in [5.41, 5.74) is 7.77. The van der Waals surface area contributed by atoms with E-state index in [1.807, 2.05) is 6.92 Å². The summed E-state index contributed by atoms with van der Waals surface area (Å²) in [5.74, 6) is 1.07. The first kappa shape index (κ1) is 23.7. The third kappa shape index (κ3) is 5.09. The molecule has 2 bridgehead atoms. The maximum absolute atomic E-state index is 5.08. The monoisotopic (exact) mass is 433 g/mol. The van der Waals surface area contributed by atoms with Gasteiger partial charge in [0.25, 0.3) is 0 Å². The molecule has 2 aromatic rings. The Morgan fingerprint density at radius 1 is 1.22 bits per heavy atom. The van der Waals surface area contributed by atoms with Crippen LogP contribution < -0.4 is 5.32 Å². The van der Waals surface area contributed by atoms with E-state index < -0.39 is 0 Å². The van der Waals surface area contributed by atoms with E-state index in [9.17, 15) is 0 Å². The molecule has 32 heavy (non-hydrogen) atoms. The molecule has 5 nitrogen and oxygen atoms in total. The van der Waals surface area contributed by atoms with Crippen molar-refractivity contribution in [1.29, 1.82) is 0 Å². The van der Waals surface area contributed by atoms with Crippen molar-refractivity contribution in [2.75, 3.05) is 32.5 Å². The van der Waals surface area contributed by atoms with Crippen molar-refractivity contribution in [1.82, 2.24) is 19.6 Å². The van der Waals surface area contributed by atoms with Gasteiger partial charge in [-0.25, -0.2) is 4.68 Å². The highest BCUT2D eigenvalue weighted by Gasteiger charge is 2.24. The van der Waals surface area contributed by atoms with Crippen LogP contribution >= 0.6 is 0 Å². The van der Waals surface area contributed by atoms with E-state index in [1.165, 1.54) is 5.56 Å². The number of nitrogens with one attached hydrogen (secondary N) is 1. The molecule has 0 fully saturated rings. The van der Waals surface area contributed by atoms with E-state index in [0.717, 1.165) is 72.1 Å². The third-order valence-electron chi connectivity index (χ3n) is 6.23. The molecule has 0 aliphatic carbocycles. The van der Waals surface area contributed by atoms with Gasteiger partial charge in [0.05, 0.1) is 11.7 Å². The molecule has 172 valence electrons. The van der Waals surface area contributed by atoms with Crippen LogP contribution in [0.25, 0.3) is 11.5 Å². The van der Waals surface area contributed by atoms with E-state index in [4.69, 9.17) is 5.10 Å². The summed E-state index contributed by atoms with van der Waals surface area (Å²) in [6, 6.07) is 8.92. The van der Waals surface area contributed by atoms with Gasteiger partial charge in [0.2, 0.25) is 0 Å². The number of allylic oxidation sites excluding steroid dienone is 2. The summed E-state index contributed by atoms with van der Waals surface area (Å²) in [5, 5.41) is 8.74. The summed E-state index contributed by atoms with van der Waals surface area (Å²) < 4.78 is 2.07. The highest BCUT2D eigenvalue weighted by molar-refractivity contribution is 5.75. The summed E-state index contributed by atoms with van der Waals surface area (Å²) in [7, 11) is 4.27. The summed E-state index contributed by atoms with van der Waals surface area (Å²) in [6.45, 7) is 19.0. The maximum atomic E-state index is 5.08. The molecule has 0 amide bonds. The molecule has 1 aromatic heterocycles. The lowest BCUT2D eigenvalue weighted by Gasteiger charge is -2.31. The molecular weight excluding hydrogens is 394 g/mol. The van der Waals surface area contributed by atoms with Crippen molar-refractivity contribution in [3.8, 4) is 0 Å². The van der Waals surface area contributed by atoms with Crippen molar-refractivity contribution in [2.24, 2.45) is 0 Å². The van der Waals surface area contributed by atoms with E-state index in [-0.39, 0.29) is 6.04 Å². The number of aryl methyl sites for hydroxylation is 2. The molecule has 1 aliphatic heterocycles. The Bertz CT molecular complexity index is 1010. The van der Waals surface area contributed by atoms with Gasteiger partial charge in [0.15, 0.2) is 0 Å². The first-order valence-electron chi connectivity index (χ1n) is 11.6. The number of hydrogen-bond donors (Lipinski definition) is 1. The van der Waals surface area contributed by atoms with Crippen molar-refractivity contribution >= 4 is 17.2 Å². The topological polar surface area (TPSA) is 36.3 Å². The van der Waals surface area contributed by atoms with Gasteiger partial charge in [0.1, 0.15) is 5.82 Å². The summed E-state index contributed by atoms with van der Waals surface area (Å²) in [6.07, 6.45) is 5.24. The van der Waals surface area contributed by atoms with Crippen molar-refractivity contribution in [2.45, 2.75) is 53.0 Å². The normalized spacial score (nSPS) is 19.2. The van der Waals surface area contributed by atoms with Gasteiger partial charge in [-0.2, -0.15) is 5.10 Å². The van der Waals surface area contributed by atoms with Crippen LogP contribution in [0.15, 0.2) is 49.1 Å². The van der Waals surface area contributed by atoms with Crippen molar-refractivity contribution in [3.63, 3.8) is 0 Å². The molecule has 1 aromatic carbocycles. The Hall–Kier alpha value is -2.95. The van der Waals surface area contributed by atoms with Gasteiger partial charge in [0, 0.05) is 49.8 Å². The average Bonchev–Trinajstić information content (AvgIpc) is 3.12. The Balaban J connectivity index is 2.10. The molecule has 1 aliphatic rings. The Morgan fingerprint density at radius 2 is 1.97 bits per heavy atom. The van der Waals surface area contributed by atoms with E-state index in [0.29, 0.717) is 0 Å². The minimum atomic E-state index is 0.136. The van der Waals surface area contributed by atoms with Gasteiger partial charge in [-0.1, -0.05) is 37.3 Å². The van der Waals surface area contributed by atoms with E-state index in [2.05, 4.69) is 98.2 Å². The molecule has 1 unspecified atom stereocenters. The van der Waals surface area contributed by atoms with Crippen LogP contribution in [0.4, 0.5) is 5.69 Å². The van der Waals surface area contributed by atoms with Crippen LogP contribution in [0.2, 0.25) is 0 Å². The lowest BCUT2D eigenvalue weighted by molar-refractivity contribution is 0.338. The zero-order valence-corrected chi connectivity index (χ0v) is 20.7. The van der Waals surface area contributed by atoms with E-state index in [1.54, 1.807) is 0 Å². The Morgan fingerprint density at radius 3 is 2.66 bits per heavy atom. The van der Waals surface area contributed by atoms with Crippen molar-refractivity contribution in [3.05, 3.63) is 71.6 Å². The molecule has 1 N–H and O–H groups in total. The molecule has 0 radical (unpaired) electrons. The quantitative estimate of drug-likeness (QED) is 0.624. The summed E-state index contributed by atoms with van der Waals surface area (Å²) >= 11 is 0. The van der Waals surface area contributed by atoms with Crippen LogP contribution in [-0.2, 0) is 0 Å². The third-order valence-corrected chi connectivity index (χ3v) is 6.23. The maximum Gasteiger partial charge on any atom is 0.130 e. The molecule has 0 saturated carbocycles. The highest BCUT2D eigenvalue weighted by Crippen LogP contribution is 2.34. The predicted molar refractivity (Wildman–Crippen MR) is 137 cm³/mol. The lowest BCUT2D eigenvalue weighted by Crippen LogP contribution is -2.25. The fourth-order valence-electron chi connectivity index (χ4n) is 4.37. The fraction of sp³-hybridized carbons (Fsp3) is 0.444. The van der Waals surface area contributed by atoms with Crippen LogP contribution in [0.5, 0.6) is 0 Å². The number of benzene rings is 1. The number of aromatic nitrogens is 2. The number of nitrogens with zero attached hydrogens (tertiary/aromatic N) is 4. The first-order chi connectivity index (χ1) is 15.2. The lowest BCUT2D eigenvalue weighted by atomic mass is 10.0. The van der Waals surface area contributed by atoms with Gasteiger partial charge >= 0.3 is 0 Å². The zero-order chi connectivity index (χ0) is 23.4.